The maximum atomic E-state index is 13.1. The average Bonchev–Trinajstić information content (AvgIpc) is 3.59. The zero-order valence-corrected chi connectivity index (χ0v) is 19.5. The van der Waals surface area contributed by atoms with E-state index in [1.54, 1.807) is 11.3 Å². The Morgan fingerprint density at radius 3 is 2.59 bits per heavy atom. The molecule has 2 aliphatic rings. The van der Waals surface area contributed by atoms with E-state index in [0.717, 1.165) is 64.7 Å². The second-order valence-corrected chi connectivity index (χ2v) is 10.0. The standard InChI is InChI=1S/C26H25FN4O2S/c27-8-11-30-9-5-16(6-10-30)14-31-15-19(17-3-1-2-4-21(17)31)23-22(25(32)29-26(23)33)18-13-28-20-7-12-34-24(18)20/h1-4,7,12-13,15-16,28H,5-6,8-11,14H2,(H,29,32,33). The number of carbonyl (C=O) groups is 2. The molecule has 0 saturated carbocycles. The van der Waals surface area contributed by atoms with Gasteiger partial charge in [0, 0.05) is 47.5 Å². The highest BCUT2D eigenvalue weighted by molar-refractivity contribution is 7.17. The maximum absolute atomic E-state index is 13.1. The lowest BCUT2D eigenvalue weighted by Crippen LogP contribution is -2.36. The van der Waals surface area contributed by atoms with Crippen LogP contribution in [0.2, 0.25) is 0 Å². The average molecular weight is 477 g/mol. The van der Waals surface area contributed by atoms with Crippen LogP contribution in [0.3, 0.4) is 0 Å². The molecule has 4 aromatic rings. The molecule has 2 aliphatic heterocycles. The van der Waals surface area contributed by atoms with Gasteiger partial charge in [-0.05, 0) is 49.4 Å². The van der Waals surface area contributed by atoms with Gasteiger partial charge in [-0.25, -0.2) is 4.39 Å². The van der Waals surface area contributed by atoms with Crippen LogP contribution in [-0.4, -0.2) is 52.6 Å². The number of fused-ring (bicyclic) bond motifs is 2. The normalized spacial score (nSPS) is 18.0. The topological polar surface area (TPSA) is 70.1 Å². The van der Waals surface area contributed by atoms with Crippen molar-refractivity contribution in [1.82, 2.24) is 19.8 Å². The number of halogens is 1. The minimum atomic E-state index is -0.355. The molecule has 0 spiro atoms. The van der Waals surface area contributed by atoms with E-state index in [2.05, 4.69) is 25.8 Å². The van der Waals surface area contributed by atoms with E-state index < -0.39 is 0 Å². The Kier molecular flexibility index (Phi) is 5.34. The first-order valence-electron chi connectivity index (χ1n) is 11.7. The molecule has 8 heteroatoms. The molecule has 6 nitrogen and oxygen atoms in total. The summed E-state index contributed by atoms with van der Waals surface area (Å²) in [4.78, 5) is 31.4. The van der Waals surface area contributed by atoms with E-state index in [0.29, 0.717) is 23.6 Å². The van der Waals surface area contributed by atoms with Gasteiger partial charge in [-0.2, -0.15) is 0 Å². The Hall–Kier alpha value is -3.23. The van der Waals surface area contributed by atoms with Gasteiger partial charge >= 0.3 is 0 Å². The summed E-state index contributed by atoms with van der Waals surface area (Å²) in [5, 5.41) is 5.47. The molecule has 0 radical (unpaired) electrons. The molecule has 3 aromatic heterocycles. The number of piperidine rings is 1. The number of imide groups is 1. The molecule has 1 aromatic carbocycles. The van der Waals surface area contributed by atoms with Crippen molar-refractivity contribution in [3.05, 3.63) is 59.2 Å². The maximum Gasteiger partial charge on any atom is 0.259 e. The highest BCUT2D eigenvalue weighted by Crippen LogP contribution is 2.39. The minimum absolute atomic E-state index is 0.298. The lowest BCUT2D eigenvalue weighted by molar-refractivity contribution is -0.122. The third kappa shape index (κ3) is 3.49. The summed E-state index contributed by atoms with van der Waals surface area (Å²) in [5.41, 5.74) is 4.43. The SMILES string of the molecule is O=C1NC(=O)C(c2c[nH]c3ccsc23)=C1c1cn(CC2CCN(CCF)CC2)c2ccccc12. The number of alkyl halides is 1. The molecule has 34 heavy (non-hydrogen) atoms. The van der Waals surface area contributed by atoms with Gasteiger partial charge in [-0.1, -0.05) is 18.2 Å². The number of rotatable bonds is 6. The van der Waals surface area contributed by atoms with Crippen molar-refractivity contribution in [3.8, 4) is 0 Å². The zero-order valence-electron chi connectivity index (χ0n) is 18.6. The number of hydrogen-bond donors (Lipinski definition) is 2. The second kappa shape index (κ2) is 8.52. The Bertz CT molecular complexity index is 1440. The first-order valence-corrected chi connectivity index (χ1v) is 12.5. The summed E-state index contributed by atoms with van der Waals surface area (Å²) in [5.74, 6) is -0.220. The van der Waals surface area contributed by atoms with Crippen molar-refractivity contribution in [1.29, 1.82) is 0 Å². The van der Waals surface area contributed by atoms with Crippen molar-refractivity contribution in [2.45, 2.75) is 19.4 Å². The van der Waals surface area contributed by atoms with Gasteiger partial charge in [0.05, 0.1) is 21.4 Å². The Balaban J connectivity index is 1.42. The predicted molar refractivity (Wildman–Crippen MR) is 133 cm³/mol. The van der Waals surface area contributed by atoms with E-state index >= 15 is 0 Å². The lowest BCUT2D eigenvalue weighted by atomic mass is 9.96. The first kappa shape index (κ1) is 21.3. The molecule has 0 atom stereocenters. The molecule has 5 heterocycles. The van der Waals surface area contributed by atoms with Gasteiger partial charge in [-0.15, -0.1) is 11.3 Å². The van der Waals surface area contributed by atoms with Gasteiger partial charge in [0.2, 0.25) is 0 Å². The smallest absolute Gasteiger partial charge is 0.259 e. The number of carbonyl (C=O) groups excluding carboxylic acids is 2. The van der Waals surface area contributed by atoms with Gasteiger partial charge in [0.15, 0.2) is 0 Å². The molecule has 0 aliphatic carbocycles. The van der Waals surface area contributed by atoms with Crippen LogP contribution in [0, 0.1) is 5.92 Å². The Labute approximate surface area is 200 Å². The van der Waals surface area contributed by atoms with Crippen molar-refractivity contribution in [2.75, 3.05) is 26.3 Å². The van der Waals surface area contributed by atoms with E-state index in [1.165, 1.54) is 0 Å². The Morgan fingerprint density at radius 2 is 1.79 bits per heavy atom. The molecule has 2 N–H and O–H groups in total. The molecule has 6 rings (SSSR count). The van der Waals surface area contributed by atoms with E-state index in [-0.39, 0.29) is 18.5 Å². The van der Waals surface area contributed by atoms with Crippen LogP contribution in [0.5, 0.6) is 0 Å². The number of hydrogen-bond acceptors (Lipinski definition) is 4. The number of aromatic amines is 1. The fourth-order valence-corrected chi connectivity index (χ4v) is 6.27. The molecular weight excluding hydrogens is 451 g/mol. The van der Waals surface area contributed by atoms with Crippen LogP contribution in [0.1, 0.15) is 24.0 Å². The summed E-state index contributed by atoms with van der Waals surface area (Å²) in [6, 6.07) is 10.0. The fourth-order valence-electron chi connectivity index (χ4n) is 5.39. The number of para-hydroxylation sites is 1. The number of benzene rings is 1. The predicted octanol–water partition coefficient (Wildman–Crippen LogP) is 4.43. The van der Waals surface area contributed by atoms with Crippen LogP contribution >= 0.6 is 11.3 Å². The van der Waals surface area contributed by atoms with Crippen molar-refractivity contribution in [2.24, 2.45) is 5.92 Å². The van der Waals surface area contributed by atoms with Gasteiger partial charge in [-0.3, -0.25) is 14.9 Å². The summed E-state index contributed by atoms with van der Waals surface area (Å²) in [6.45, 7) is 2.88. The highest BCUT2D eigenvalue weighted by atomic mass is 32.1. The Morgan fingerprint density at radius 1 is 1.03 bits per heavy atom. The van der Waals surface area contributed by atoms with Crippen LogP contribution in [0.15, 0.2) is 48.1 Å². The summed E-state index contributed by atoms with van der Waals surface area (Å²) >= 11 is 1.55. The van der Waals surface area contributed by atoms with Crippen molar-refractivity contribution >= 4 is 55.4 Å². The van der Waals surface area contributed by atoms with Gasteiger partial charge in [0.25, 0.3) is 11.8 Å². The molecule has 174 valence electrons. The summed E-state index contributed by atoms with van der Waals surface area (Å²) in [7, 11) is 0. The molecule has 0 unspecified atom stereocenters. The molecule has 1 fully saturated rings. The first-order chi connectivity index (χ1) is 16.6. The minimum Gasteiger partial charge on any atom is -0.360 e. The molecule has 0 bridgehead atoms. The van der Waals surface area contributed by atoms with Crippen LogP contribution in [0.4, 0.5) is 4.39 Å². The van der Waals surface area contributed by atoms with Crippen LogP contribution in [0.25, 0.3) is 32.3 Å². The largest absolute Gasteiger partial charge is 0.360 e. The van der Waals surface area contributed by atoms with E-state index in [4.69, 9.17) is 0 Å². The van der Waals surface area contributed by atoms with Crippen LogP contribution in [-0.2, 0) is 16.1 Å². The zero-order chi connectivity index (χ0) is 23.2. The third-order valence-electron chi connectivity index (χ3n) is 7.10. The summed E-state index contributed by atoms with van der Waals surface area (Å²) in [6.07, 6.45) is 5.90. The van der Waals surface area contributed by atoms with Crippen LogP contribution < -0.4 is 5.32 Å². The number of H-pyrrole nitrogens is 1. The number of nitrogens with one attached hydrogen (secondary N) is 2. The van der Waals surface area contributed by atoms with E-state index in [9.17, 15) is 14.0 Å². The quantitative estimate of drug-likeness (QED) is 0.405. The van der Waals surface area contributed by atoms with Crippen molar-refractivity contribution in [3.63, 3.8) is 0 Å². The highest BCUT2D eigenvalue weighted by Gasteiger charge is 2.35. The molecule has 1 saturated heterocycles. The number of nitrogens with zero attached hydrogens (tertiary/aromatic N) is 2. The monoisotopic (exact) mass is 476 g/mol. The van der Waals surface area contributed by atoms with E-state index in [1.807, 2.05) is 42.0 Å². The molecular formula is C26H25FN4O2S. The lowest BCUT2D eigenvalue weighted by Gasteiger charge is -2.31. The summed E-state index contributed by atoms with van der Waals surface area (Å²) < 4.78 is 15.9. The van der Waals surface area contributed by atoms with Crippen molar-refractivity contribution < 1.29 is 14.0 Å². The number of aromatic nitrogens is 2. The third-order valence-corrected chi connectivity index (χ3v) is 8.05. The fraction of sp³-hybridized carbons (Fsp3) is 0.308. The molecule has 2 amide bonds. The van der Waals surface area contributed by atoms with Gasteiger partial charge < -0.3 is 14.5 Å². The number of thiophene rings is 1. The second-order valence-electron chi connectivity index (χ2n) is 9.09. The number of likely N-dealkylation sites (tertiary alicyclic amines) is 1. The van der Waals surface area contributed by atoms with Gasteiger partial charge in [0.1, 0.15) is 6.67 Å². The number of amides is 2.